The summed E-state index contributed by atoms with van der Waals surface area (Å²) in [5, 5.41) is 0. The summed E-state index contributed by atoms with van der Waals surface area (Å²) >= 11 is 0. The van der Waals surface area contributed by atoms with E-state index in [9.17, 15) is 0 Å². The van der Waals surface area contributed by atoms with Gasteiger partial charge < -0.3 is 9.47 Å². The van der Waals surface area contributed by atoms with Crippen molar-refractivity contribution >= 4 is 0 Å². The highest BCUT2D eigenvalue weighted by atomic mass is 16.5. The topological polar surface area (TPSA) is 31.4 Å². The van der Waals surface area contributed by atoms with Crippen LogP contribution in [0.3, 0.4) is 0 Å². The Morgan fingerprint density at radius 3 is 2.69 bits per heavy atom. The summed E-state index contributed by atoms with van der Waals surface area (Å²) in [5.41, 5.74) is 1.22. The van der Waals surface area contributed by atoms with Crippen LogP contribution in [0, 0.1) is 0 Å². The van der Waals surface area contributed by atoms with Crippen molar-refractivity contribution in [2.24, 2.45) is 0 Å². The molecule has 13 heavy (non-hydrogen) atoms. The minimum Gasteiger partial charge on any atom is -0.475 e. The fraction of sp³-hybridized carbons (Fsp3) is 0.500. The number of nitrogens with zero attached hydrogens (tertiary/aromatic N) is 1. The van der Waals surface area contributed by atoms with E-state index < -0.39 is 0 Å². The molecule has 0 fully saturated rings. The third-order valence-electron chi connectivity index (χ3n) is 1.74. The lowest BCUT2D eigenvalue weighted by atomic mass is 10.2. The largest absolute Gasteiger partial charge is 0.475 e. The monoisotopic (exact) mass is 181 g/mol. The molecule has 0 radical (unpaired) electrons. The molecule has 0 unspecified atom stereocenters. The van der Waals surface area contributed by atoms with E-state index in [1.54, 1.807) is 7.11 Å². The van der Waals surface area contributed by atoms with E-state index in [-0.39, 0.29) is 0 Å². The zero-order chi connectivity index (χ0) is 9.52. The first-order valence-electron chi connectivity index (χ1n) is 4.43. The molecule has 0 atom stereocenters. The van der Waals surface area contributed by atoms with E-state index in [0.717, 1.165) is 6.42 Å². The highest BCUT2D eigenvalue weighted by Crippen LogP contribution is 2.07. The molecule has 1 aromatic heterocycles. The number of aryl methyl sites for hydroxylation is 1. The number of ether oxygens (including phenoxy) is 2. The molecule has 3 heteroatoms. The van der Waals surface area contributed by atoms with Gasteiger partial charge in [0.05, 0.1) is 6.61 Å². The molecule has 1 aromatic rings. The number of methoxy groups -OCH3 is 1. The van der Waals surface area contributed by atoms with Gasteiger partial charge >= 0.3 is 0 Å². The Bertz CT molecular complexity index is 233. The van der Waals surface area contributed by atoms with Crippen LogP contribution >= 0.6 is 0 Å². The molecule has 0 saturated carbocycles. The molecule has 72 valence electrons. The van der Waals surface area contributed by atoms with Crippen molar-refractivity contribution in [2.75, 3.05) is 20.3 Å². The molecule has 0 bridgehead atoms. The molecule has 0 aliphatic carbocycles. The van der Waals surface area contributed by atoms with Gasteiger partial charge in [0.25, 0.3) is 0 Å². The van der Waals surface area contributed by atoms with Crippen LogP contribution < -0.4 is 4.74 Å². The summed E-state index contributed by atoms with van der Waals surface area (Å²) in [5.74, 6) is 0.661. The third-order valence-corrected chi connectivity index (χ3v) is 1.74. The molecule has 0 aliphatic heterocycles. The smallest absolute Gasteiger partial charge is 0.213 e. The lowest BCUT2D eigenvalue weighted by Gasteiger charge is -2.04. The van der Waals surface area contributed by atoms with Crippen LogP contribution in [0.25, 0.3) is 0 Å². The van der Waals surface area contributed by atoms with Crippen molar-refractivity contribution < 1.29 is 9.47 Å². The summed E-state index contributed by atoms with van der Waals surface area (Å²) < 4.78 is 10.2. The Labute approximate surface area is 78.7 Å². The molecule has 1 heterocycles. The number of pyridine rings is 1. The minimum atomic E-state index is 0.551. The Balaban J connectivity index is 2.40. The molecular weight excluding hydrogens is 166 g/mol. The van der Waals surface area contributed by atoms with Gasteiger partial charge in [0.2, 0.25) is 5.88 Å². The fourth-order valence-electron chi connectivity index (χ4n) is 0.935. The second-order valence-corrected chi connectivity index (χ2v) is 2.70. The summed E-state index contributed by atoms with van der Waals surface area (Å²) in [6.07, 6.45) is 2.84. The quantitative estimate of drug-likeness (QED) is 0.647. The number of hydrogen-bond acceptors (Lipinski definition) is 3. The second kappa shape index (κ2) is 5.54. The number of rotatable bonds is 5. The van der Waals surface area contributed by atoms with Crippen LogP contribution in [-0.2, 0) is 11.2 Å². The Hall–Kier alpha value is -1.09. The van der Waals surface area contributed by atoms with Crippen molar-refractivity contribution in [2.45, 2.75) is 13.3 Å². The third kappa shape index (κ3) is 3.42. The van der Waals surface area contributed by atoms with Gasteiger partial charge in [-0.15, -0.1) is 0 Å². The number of aromatic nitrogens is 1. The van der Waals surface area contributed by atoms with Gasteiger partial charge in [0, 0.05) is 19.4 Å². The van der Waals surface area contributed by atoms with Gasteiger partial charge in [-0.25, -0.2) is 4.98 Å². The standard InChI is InChI=1S/C10H15NO2/c1-3-9-4-5-10(11-8-9)13-7-6-12-2/h4-5,8H,3,6-7H2,1-2H3. The summed E-state index contributed by atoms with van der Waals surface area (Å²) in [4.78, 5) is 4.14. The van der Waals surface area contributed by atoms with E-state index in [0.29, 0.717) is 19.1 Å². The Kier molecular flexibility index (Phi) is 4.26. The summed E-state index contributed by atoms with van der Waals surface area (Å²) in [7, 11) is 1.65. The molecule has 1 rings (SSSR count). The van der Waals surface area contributed by atoms with Crippen LogP contribution in [0.1, 0.15) is 12.5 Å². The maximum Gasteiger partial charge on any atom is 0.213 e. The lowest BCUT2D eigenvalue weighted by molar-refractivity contribution is 0.143. The first-order valence-corrected chi connectivity index (χ1v) is 4.43. The zero-order valence-corrected chi connectivity index (χ0v) is 8.12. The molecule has 0 spiro atoms. The molecule has 3 nitrogen and oxygen atoms in total. The summed E-state index contributed by atoms with van der Waals surface area (Å²) in [6, 6.07) is 3.91. The molecule has 0 aliphatic rings. The lowest BCUT2D eigenvalue weighted by Crippen LogP contribution is -2.05. The normalized spacial score (nSPS) is 10.0. The first-order chi connectivity index (χ1) is 6.36. The van der Waals surface area contributed by atoms with Crippen LogP contribution in [0.2, 0.25) is 0 Å². The average molecular weight is 181 g/mol. The maximum atomic E-state index is 5.31. The van der Waals surface area contributed by atoms with Crippen molar-refractivity contribution in [1.82, 2.24) is 4.98 Å². The van der Waals surface area contributed by atoms with Crippen molar-refractivity contribution in [3.05, 3.63) is 23.9 Å². The number of hydrogen-bond donors (Lipinski definition) is 0. The van der Waals surface area contributed by atoms with Crippen LogP contribution in [0.15, 0.2) is 18.3 Å². The Morgan fingerprint density at radius 2 is 2.15 bits per heavy atom. The molecule has 0 amide bonds. The van der Waals surface area contributed by atoms with Gasteiger partial charge in [0.1, 0.15) is 6.61 Å². The highest BCUT2D eigenvalue weighted by Gasteiger charge is 1.94. The molecular formula is C10H15NO2. The van der Waals surface area contributed by atoms with E-state index in [2.05, 4.69) is 11.9 Å². The van der Waals surface area contributed by atoms with Gasteiger partial charge in [-0.05, 0) is 12.0 Å². The predicted molar refractivity (Wildman–Crippen MR) is 51.0 cm³/mol. The summed E-state index contributed by atoms with van der Waals surface area (Å²) in [6.45, 7) is 3.24. The van der Waals surface area contributed by atoms with Crippen LogP contribution in [0.5, 0.6) is 5.88 Å². The minimum absolute atomic E-state index is 0.551. The van der Waals surface area contributed by atoms with E-state index in [1.807, 2.05) is 18.3 Å². The van der Waals surface area contributed by atoms with Crippen molar-refractivity contribution in [3.8, 4) is 5.88 Å². The van der Waals surface area contributed by atoms with Crippen molar-refractivity contribution in [1.29, 1.82) is 0 Å². The highest BCUT2D eigenvalue weighted by molar-refractivity contribution is 5.17. The van der Waals surface area contributed by atoms with Gasteiger partial charge in [-0.1, -0.05) is 13.0 Å². The van der Waals surface area contributed by atoms with Crippen molar-refractivity contribution in [3.63, 3.8) is 0 Å². The van der Waals surface area contributed by atoms with Gasteiger partial charge in [-0.3, -0.25) is 0 Å². The van der Waals surface area contributed by atoms with E-state index in [4.69, 9.17) is 9.47 Å². The zero-order valence-electron chi connectivity index (χ0n) is 8.12. The first kappa shape index (κ1) is 9.99. The predicted octanol–water partition coefficient (Wildman–Crippen LogP) is 1.67. The Morgan fingerprint density at radius 1 is 1.31 bits per heavy atom. The van der Waals surface area contributed by atoms with E-state index in [1.165, 1.54) is 5.56 Å². The van der Waals surface area contributed by atoms with Gasteiger partial charge in [0.15, 0.2) is 0 Å². The fourth-order valence-corrected chi connectivity index (χ4v) is 0.935. The van der Waals surface area contributed by atoms with Crippen LogP contribution in [-0.4, -0.2) is 25.3 Å². The van der Waals surface area contributed by atoms with Gasteiger partial charge in [-0.2, -0.15) is 0 Å². The molecule has 0 N–H and O–H groups in total. The van der Waals surface area contributed by atoms with E-state index >= 15 is 0 Å². The molecule has 0 saturated heterocycles. The maximum absolute atomic E-state index is 5.31. The average Bonchev–Trinajstić information content (AvgIpc) is 2.19. The SMILES string of the molecule is CCc1ccc(OCCOC)nc1. The molecule has 0 aromatic carbocycles. The second-order valence-electron chi connectivity index (χ2n) is 2.70. The van der Waals surface area contributed by atoms with Crippen LogP contribution in [0.4, 0.5) is 0 Å².